The molecule has 0 saturated carbocycles. The molecule has 0 saturated heterocycles. The molecule has 0 aromatic carbocycles. The first-order valence-corrected chi connectivity index (χ1v) is 4.46. The van der Waals surface area contributed by atoms with E-state index in [9.17, 15) is 5.11 Å². The maximum Gasteiger partial charge on any atom is 0.109 e. The van der Waals surface area contributed by atoms with Gasteiger partial charge >= 0.3 is 0 Å². The molecule has 2 rings (SSSR count). The lowest BCUT2D eigenvalue weighted by atomic mass is 10.1. The second-order valence-corrected chi connectivity index (χ2v) is 3.26. The molecule has 72 valence electrons. The van der Waals surface area contributed by atoms with Gasteiger partial charge in [-0.05, 0) is 12.1 Å². The molecule has 0 spiro atoms. The molecule has 4 heteroatoms. The lowest BCUT2D eigenvalue weighted by Crippen LogP contribution is -1.98. The van der Waals surface area contributed by atoms with E-state index in [2.05, 4.69) is 4.98 Å². The Morgan fingerprint density at radius 2 is 2.29 bits per heavy atom. The third-order valence-corrected chi connectivity index (χ3v) is 2.27. The first-order valence-electron chi connectivity index (χ1n) is 4.08. The van der Waals surface area contributed by atoms with Crippen LogP contribution in [0.25, 0.3) is 0 Å². The summed E-state index contributed by atoms with van der Waals surface area (Å²) >= 11 is 5.88. The third-order valence-electron chi connectivity index (χ3n) is 1.96. The number of furan rings is 1. The number of aliphatic hydroxyl groups excluding tert-OH is 1. The van der Waals surface area contributed by atoms with Gasteiger partial charge < -0.3 is 9.52 Å². The van der Waals surface area contributed by atoms with Gasteiger partial charge in [0.1, 0.15) is 6.10 Å². The van der Waals surface area contributed by atoms with Crippen LogP contribution in [0, 0.1) is 0 Å². The van der Waals surface area contributed by atoms with Gasteiger partial charge in [0.25, 0.3) is 0 Å². The molecule has 2 heterocycles. The number of rotatable bonds is 2. The molecule has 0 amide bonds. The summed E-state index contributed by atoms with van der Waals surface area (Å²) in [5.74, 6) is 0. The van der Waals surface area contributed by atoms with Gasteiger partial charge in [0, 0.05) is 23.5 Å². The fourth-order valence-corrected chi connectivity index (χ4v) is 1.44. The van der Waals surface area contributed by atoms with Gasteiger partial charge in [0.15, 0.2) is 0 Å². The van der Waals surface area contributed by atoms with Gasteiger partial charge in [0.2, 0.25) is 0 Å². The Balaban J connectivity index is 2.37. The smallest absolute Gasteiger partial charge is 0.109 e. The fourth-order valence-electron chi connectivity index (χ4n) is 1.22. The number of aromatic nitrogens is 1. The molecule has 0 fully saturated rings. The van der Waals surface area contributed by atoms with Crippen molar-refractivity contribution >= 4 is 11.6 Å². The summed E-state index contributed by atoms with van der Waals surface area (Å²) in [6.45, 7) is 0. The highest BCUT2D eigenvalue weighted by atomic mass is 35.5. The Hall–Kier alpha value is -1.32. The van der Waals surface area contributed by atoms with Crippen LogP contribution in [0.4, 0.5) is 0 Å². The minimum atomic E-state index is -0.760. The van der Waals surface area contributed by atoms with Crippen molar-refractivity contribution in [2.75, 3.05) is 0 Å². The van der Waals surface area contributed by atoms with Crippen LogP contribution in [0.5, 0.6) is 0 Å². The van der Waals surface area contributed by atoms with Crippen LogP contribution in [0.2, 0.25) is 5.02 Å². The van der Waals surface area contributed by atoms with Gasteiger partial charge in [-0.1, -0.05) is 11.6 Å². The average Bonchev–Trinajstić information content (AvgIpc) is 2.70. The Kier molecular flexibility index (Phi) is 2.52. The van der Waals surface area contributed by atoms with Crippen molar-refractivity contribution in [3.05, 3.63) is 53.2 Å². The number of pyridine rings is 1. The van der Waals surface area contributed by atoms with E-state index in [1.54, 1.807) is 18.3 Å². The molecule has 0 aliphatic carbocycles. The van der Waals surface area contributed by atoms with Crippen LogP contribution < -0.4 is 0 Å². The van der Waals surface area contributed by atoms with Gasteiger partial charge in [0.05, 0.1) is 17.5 Å². The summed E-state index contributed by atoms with van der Waals surface area (Å²) in [6, 6.07) is 3.38. The molecule has 3 nitrogen and oxygen atoms in total. The molecule has 0 aliphatic rings. The van der Waals surface area contributed by atoms with E-state index in [0.29, 0.717) is 16.1 Å². The lowest BCUT2D eigenvalue weighted by Gasteiger charge is -2.09. The zero-order chi connectivity index (χ0) is 9.97. The molecule has 0 bridgehead atoms. The summed E-state index contributed by atoms with van der Waals surface area (Å²) in [7, 11) is 0. The predicted molar refractivity (Wildman–Crippen MR) is 52.0 cm³/mol. The summed E-state index contributed by atoms with van der Waals surface area (Å²) in [6.07, 6.45) is 5.32. The van der Waals surface area contributed by atoms with Crippen molar-refractivity contribution < 1.29 is 9.52 Å². The fraction of sp³-hybridized carbons (Fsp3) is 0.100. The van der Waals surface area contributed by atoms with Crippen molar-refractivity contribution in [3.8, 4) is 0 Å². The second-order valence-electron chi connectivity index (χ2n) is 2.86. The number of nitrogens with zero attached hydrogens (tertiary/aromatic N) is 1. The van der Waals surface area contributed by atoms with Gasteiger partial charge in [-0.2, -0.15) is 0 Å². The molecule has 2 aromatic rings. The molecule has 1 atom stereocenters. The molecular formula is C10H8ClNO2. The molecule has 0 radical (unpaired) electrons. The molecular weight excluding hydrogens is 202 g/mol. The van der Waals surface area contributed by atoms with Crippen molar-refractivity contribution in [3.63, 3.8) is 0 Å². The zero-order valence-corrected chi connectivity index (χ0v) is 7.98. The highest BCUT2D eigenvalue weighted by molar-refractivity contribution is 6.31. The number of aliphatic hydroxyl groups is 1. The lowest BCUT2D eigenvalue weighted by molar-refractivity contribution is 0.219. The normalized spacial score (nSPS) is 12.7. The molecule has 1 N–H and O–H groups in total. The largest absolute Gasteiger partial charge is 0.472 e. The van der Waals surface area contributed by atoms with Crippen LogP contribution in [0.3, 0.4) is 0 Å². The quantitative estimate of drug-likeness (QED) is 0.826. The molecule has 0 aliphatic heterocycles. The summed E-state index contributed by atoms with van der Waals surface area (Å²) in [5.41, 5.74) is 1.31. The summed E-state index contributed by atoms with van der Waals surface area (Å²) < 4.78 is 4.88. The van der Waals surface area contributed by atoms with Crippen molar-refractivity contribution in [2.45, 2.75) is 6.10 Å². The first kappa shape index (κ1) is 9.24. The average molecular weight is 210 g/mol. The third kappa shape index (κ3) is 1.64. The first-order chi connectivity index (χ1) is 6.79. The minimum Gasteiger partial charge on any atom is -0.472 e. The van der Waals surface area contributed by atoms with Crippen LogP contribution >= 0.6 is 11.6 Å². The van der Waals surface area contributed by atoms with E-state index in [1.165, 1.54) is 18.7 Å². The topological polar surface area (TPSA) is 46.3 Å². The van der Waals surface area contributed by atoms with Gasteiger partial charge in [-0.15, -0.1) is 0 Å². The second kappa shape index (κ2) is 3.82. The number of hydrogen-bond acceptors (Lipinski definition) is 3. The van der Waals surface area contributed by atoms with Crippen LogP contribution in [0.1, 0.15) is 17.2 Å². The molecule has 14 heavy (non-hydrogen) atoms. The van der Waals surface area contributed by atoms with E-state index in [1.807, 2.05) is 0 Å². The minimum absolute atomic E-state index is 0.446. The predicted octanol–water partition coefficient (Wildman–Crippen LogP) is 2.41. The van der Waals surface area contributed by atoms with E-state index in [0.717, 1.165) is 0 Å². The van der Waals surface area contributed by atoms with E-state index >= 15 is 0 Å². The standard InChI is InChI=1S/C10H8ClNO2/c11-9-5-12-3-1-8(9)10(13)7-2-4-14-6-7/h1-6,10,13H. The SMILES string of the molecule is OC(c1ccoc1)c1ccncc1Cl. The maximum atomic E-state index is 9.89. The Labute approximate surface area is 86.0 Å². The van der Waals surface area contributed by atoms with E-state index in [-0.39, 0.29) is 0 Å². The monoisotopic (exact) mass is 209 g/mol. The van der Waals surface area contributed by atoms with Crippen molar-refractivity contribution in [2.24, 2.45) is 0 Å². The Morgan fingerprint density at radius 3 is 2.93 bits per heavy atom. The van der Waals surface area contributed by atoms with Gasteiger partial charge in [-0.25, -0.2) is 0 Å². The Morgan fingerprint density at radius 1 is 1.43 bits per heavy atom. The maximum absolute atomic E-state index is 9.89. The van der Waals surface area contributed by atoms with Crippen LogP contribution in [-0.4, -0.2) is 10.1 Å². The summed E-state index contributed by atoms with van der Waals surface area (Å²) in [4.78, 5) is 3.84. The number of hydrogen-bond donors (Lipinski definition) is 1. The highest BCUT2D eigenvalue weighted by Crippen LogP contribution is 2.27. The van der Waals surface area contributed by atoms with Gasteiger partial charge in [-0.3, -0.25) is 4.98 Å². The van der Waals surface area contributed by atoms with Crippen LogP contribution in [0.15, 0.2) is 41.5 Å². The zero-order valence-electron chi connectivity index (χ0n) is 7.22. The van der Waals surface area contributed by atoms with Crippen molar-refractivity contribution in [1.29, 1.82) is 0 Å². The molecule has 2 aromatic heterocycles. The number of halogens is 1. The highest BCUT2D eigenvalue weighted by Gasteiger charge is 2.14. The molecule has 1 unspecified atom stereocenters. The van der Waals surface area contributed by atoms with Crippen LogP contribution in [-0.2, 0) is 0 Å². The van der Waals surface area contributed by atoms with Crippen molar-refractivity contribution in [1.82, 2.24) is 4.98 Å². The van der Waals surface area contributed by atoms with E-state index in [4.69, 9.17) is 16.0 Å². The summed E-state index contributed by atoms with van der Waals surface area (Å²) in [5, 5.41) is 10.3. The Bertz CT molecular complexity index is 414. The van der Waals surface area contributed by atoms with E-state index < -0.39 is 6.10 Å².